The Morgan fingerprint density at radius 1 is 1.20 bits per heavy atom. The second-order valence-corrected chi connectivity index (χ2v) is 13.7. The van der Waals surface area contributed by atoms with E-state index in [1.165, 1.54) is 19.2 Å². The first-order valence-electron chi connectivity index (χ1n) is 15.0. The van der Waals surface area contributed by atoms with Crippen molar-refractivity contribution in [2.45, 2.75) is 31.9 Å². The van der Waals surface area contributed by atoms with Crippen LogP contribution in [-0.2, 0) is 41.0 Å². The molecule has 4 heterocycles. The van der Waals surface area contributed by atoms with Crippen LogP contribution in [0.1, 0.15) is 26.0 Å². The summed E-state index contributed by atoms with van der Waals surface area (Å²) in [5.41, 5.74) is 5.84. The van der Waals surface area contributed by atoms with Crippen LogP contribution in [-0.4, -0.2) is 95.9 Å². The van der Waals surface area contributed by atoms with Crippen LogP contribution in [0, 0.1) is 5.92 Å². The van der Waals surface area contributed by atoms with E-state index in [4.69, 9.17) is 15.3 Å². The minimum absolute atomic E-state index is 0.0256. The number of nitrogens with two attached hydrogens (primary N) is 1. The average Bonchev–Trinajstić information content (AvgIpc) is 3.49. The summed E-state index contributed by atoms with van der Waals surface area (Å²) in [6.45, 7) is 6.05. The number of Topliss-reactive ketones (excluding diaryl/α,β-unsaturated/α-hetero) is 1. The van der Waals surface area contributed by atoms with Crippen molar-refractivity contribution in [2.75, 3.05) is 43.4 Å². The fraction of sp³-hybridized carbons (Fsp3) is 0.400. The molecule has 2 aromatic heterocycles. The molecule has 0 aliphatic carbocycles. The lowest BCUT2D eigenvalue weighted by Gasteiger charge is -2.51. The van der Waals surface area contributed by atoms with E-state index in [0.717, 1.165) is 54.5 Å². The Balaban J connectivity index is 1.24. The van der Waals surface area contributed by atoms with Crippen LogP contribution in [0.25, 0.3) is 11.1 Å². The van der Waals surface area contributed by atoms with Gasteiger partial charge in [-0.25, -0.2) is 22.8 Å². The molecule has 5 rings (SSSR count). The van der Waals surface area contributed by atoms with Crippen LogP contribution < -0.4 is 25.3 Å². The molecule has 4 N–H and O–H groups in total. The molecule has 2 fully saturated rings. The number of amides is 1. The summed E-state index contributed by atoms with van der Waals surface area (Å²) in [6, 6.07) is 11.2. The summed E-state index contributed by atoms with van der Waals surface area (Å²) < 4.78 is 45.0. The molecule has 2 saturated heterocycles. The van der Waals surface area contributed by atoms with Crippen molar-refractivity contribution in [3.63, 3.8) is 0 Å². The Morgan fingerprint density at radius 3 is 2.45 bits per heavy atom. The van der Waals surface area contributed by atoms with Crippen LogP contribution in [0.2, 0.25) is 0 Å². The number of ether oxygens (including phenoxy) is 1. The first-order chi connectivity index (χ1) is 23.1. The van der Waals surface area contributed by atoms with Crippen molar-refractivity contribution in [1.82, 2.24) is 15.4 Å². The van der Waals surface area contributed by atoms with Gasteiger partial charge in [0.1, 0.15) is 18.1 Å². The van der Waals surface area contributed by atoms with Gasteiger partial charge >= 0.3 is 5.97 Å². The number of aliphatic carboxylic acids is 1. The first-order valence-corrected chi connectivity index (χ1v) is 17.2. The maximum atomic E-state index is 13.3. The van der Waals surface area contributed by atoms with E-state index in [9.17, 15) is 32.5 Å². The fourth-order valence-electron chi connectivity index (χ4n) is 5.45. The molecule has 2 aliphatic heterocycles. The molecule has 1 amide bonds. The van der Waals surface area contributed by atoms with E-state index < -0.39 is 64.4 Å². The molecule has 0 unspecified atom stereocenters. The number of thiazole rings is 1. The van der Waals surface area contributed by atoms with Crippen molar-refractivity contribution >= 4 is 56.1 Å². The molecule has 1 aromatic carbocycles. The van der Waals surface area contributed by atoms with Crippen molar-refractivity contribution in [2.24, 2.45) is 18.1 Å². The zero-order valence-corrected chi connectivity index (χ0v) is 28.4. The van der Waals surface area contributed by atoms with E-state index in [1.54, 1.807) is 12.1 Å². The number of aryl methyl sites for hydroxylation is 1. The number of oxime groups is 1. The van der Waals surface area contributed by atoms with Crippen LogP contribution >= 0.6 is 11.3 Å². The number of rotatable bonds is 14. The number of benzene rings is 1. The Labute approximate surface area is 285 Å². The largest absolute Gasteiger partial charge is 0.724 e. The number of carboxylic acid groups (broad SMARTS) is 1. The second-order valence-electron chi connectivity index (χ2n) is 11.9. The van der Waals surface area contributed by atoms with Crippen LogP contribution in [0.5, 0.6) is 5.75 Å². The molecule has 3 aromatic rings. The number of hydroxylamine groups is 2. The molecular formula is C30H35N7O10S2. The summed E-state index contributed by atoms with van der Waals surface area (Å²) in [4.78, 5) is 49.5. The predicted octanol–water partition coefficient (Wildman–Crippen LogP) is 0.467. The standard InChI is InChI=1S/C30H35N7O10S2/c1-30(2)21(27(39)37(30)47-49(42,43)44)14-23(38)26(22-17-48-29(31)33-22)34-46-24(28(40)41)16-45-20-7-4-18(5-8-20)19-6-9-25(35(3)15-19)36-12-10-32-11-13-36/h4-9,15,17,21,24,32H,10-14,16H2,1-3H3,(H3-,31,33,40,41,42,43,44)/b34-26-/t21-,24+/m1/s1. The van der Waals surface area contributed by atoms with Gasteiger partial charge < -0.3 is 30.3 Å². The van der Waals surface area contributed by atoms with Gasteiger partial charge in [-0.2, -0.15) is 9.35 Å². The van der Waals surface area contributed by atoms with Crippen molar-refractivity contribution in [3.05, 3.63) is 53.7 Å². The zero-order chi connectivity index (χ0) is 35.5. The van der Waals surface area contributed by atoms with Crippen molar-refractivity contribution < 1.29 is 50.9 Å². The van der Waals surface area contributed by atoms with E-state index >= 15 is 0 Å². The number of nitrogens with zero attached hydrogens (tertiary/aromatic N) is 5. The number of nitrogens with one attached hydrogen (secondary N) is 1. The van der Waals surface area contributed by atoms with Crippen molar-refractivity contribution in [1.29, 1.82) is 0 Å². The topological polar surface area (TPSA) is 230 Å². The number of hydrogen-bond acceptors (Lipinski definition) is 15. The summed E-state index contributed by atoms with van der Waals surface area (Å²) in [5.74, 6) is -2.74. The molecular weight excluding hydrogens is 683 g/mol. The highest BCUT2D eigenvalue weighted by molar-refractivity contribution is 7.80. The van der Waals surface area contributed by atoms with Gasteiger partial charge in [0.15, 0.2) is 16.6 Å². The number of carbonyl (C=O) groups excluding carboxylic acids is 2. The number of β-lactam (4-membered cyclic amide) rings is 1. The maximum absolute atomic E-state index is 13.3. The third-order valence-electron chi connectivity index (χ3n) is 8.14. The number of nitrogen functional groups attached to an aromatic ring is 1. The highest BCUT2D eigenvalue weighted by Gasteiger charge is 2.57. The zero-order valence-electron chi connectivity index (χ0n) is 26.8. The molecule has 262 valence electrons. The summed E-state index contributed by atoms with van der Waals surface area (Å²) in [5, 5.41) is 18.8. The summed E-state index contributed by atoms with van der Waals surface area (Å²) in [7, 11) is -3.24. The minimum Gasteiger partial charge on any atom is -0.724 e. The minimum atomic E-state index is -5.24. The smallest absolute Gasteiger partial charge is 0.351 e. The number of pyridine rings is 1. The highest BCUT2D eigenvalue weighted by atomic mass is 32.3. The van der Waals surface area contributed by atoms with E-state index in [1.807, 2.05) is 31.4 Å². The molecule has 17 nitrogen and oxygen atoms in total. The number of aromatic nitrogens is 2. The van der Waals surface area contributed by atoms with Crippen LogP contribution in [0.3, 0.4) is 0 Å². The Bertz CT molecular complexity index is 1860. The maximum Gasteiger partial charge on any atom is 0.351 e. The average molecular weight is 718 g/mol. The second kappa shape index (κ2) is 14.4. The highest BCUT2D eigenvalue weighted by Crippen LogP contribution is 2.40. The Kier molecular flexibility index (Phi) is 10.5. The third kappa shape index (κ3) is 8.31. The Hall–Kier alpha value is -4.69. The summed E-state index contributed by atoms with van der Waals surface area (Å²) >= 11 is 0.986. The molecule has 2 aliphatic rings. The van der Waals surface area contributed by atoms with E-state index in [-0.39, 0.29) is 10.8 Å². The lowest BCUT2D eigenvalue weighted by molar-refractivity contribution is -0.658. The predicted molar refractivity (Wildman–Crippen MR) is 174 cm³/mol. The van der Waals surface area contributed by atoms with Gasteiger partial charge in [-0.3, -0.25) is 14.5 Å². The number of piperazine rings is 1. The van der Waals surface area contributed by atoms with E-state index in [2.05, 4.69) is 35.3 Å². The van der Waals surface area contributed by atoms with Gasteiger partial charge in [0.25, 0.3) is 17.8 Å². The van der Waals surface area contributed by atoms with Gasteiger partial charge in [0, 0.05) is 36.5 Å². The first kappa shape index (κ1) is 35.6. The van der Waals surface area contributed by atoms with E-state index in [0.29, 0.717) is 10.8 Å². The molecule has 0 radical (unpaired) electrons. The normalized spacial score (nSPS) is 18.5. The fourth-order valence-corrected chi connectivity index (χ4v) is 6.45. The van der Waals surface area contributed by atoms with Crippen LogP contribution in [0.15, 0.2) is 53.1 Å². The third-order valence-corrected chi connectivity index (χ3v) is 9.15. The molecule has 2 atom stereocenters. The van der Waals surface area contributed by atoms with Gasteiger partial charge in [0.05, 0.1) is 37.8 Å². The summed E-state index contributed by atoms with van der Waals surface area (Å²) in [6.07, 6.45) is -0.124. The lowest BCUT2D eigenvalue weighted by Crippen LogP contribution is -2.68. The quantitative estimate of drug-likeness (QED) is 0.0514. The number of ketones is 1. The number of carbonyl (C=O) groups is 3. The molecule has 0 bridgehead atoms. The molecule has 0 saturated carbocycles. The van der Waals surface area contributed by atoms with Crippen LogP contribution in [0.4, 0.5) is 10.9 Å². The van der Waals surface area contributed by atoms with Gasteiger partial charge in [-0.15, -0.1) is 11.3 Å². The number of anilines is 2. The Morgan fingerprint density at radius 2 is 1.88 bits per heavy atom. The number of carboxylic acids is 1. The number of hydrogen-bond donors (Lipinski definition) is 3. The monoisotopic (exact) mass is 717 g/mol. The molecule has 19 heteroatoms. The van der Waals surface area contributed by atoms with Gasteiger partial charge in [-0.05, 0) is 37.6 Å². The van der Waals surface area contributed by atoms with Gasteiger partial charge in [0.2, 0.25) is 10.4 Å². The molecule has 0 spiro atoms. The SMILES string of the molecule is C[n+]1cc(-c2ccc(OC[C@H](O/N=C(\C(=O)C[C@@H]3C(=O)N(OS(=O)(=O)[O-])C3(C)C)c3csc(N)n3)C(=O)O)cc2)ccc1N1CCNCC1. The van der Waals surface area contributed by atoms with Gasteiger partial charge in [-0.1, -0.05) is 17.3 Å². The molecule has 49 heavy (non-hydrogen) atoms. The van der Waals surface area contributed by atoms with Crippen molar-refractivity contribution in [3.8, 4) is 16.9 Å². The lowest BCUT2D eigenvalue weighted by atomic mass is 9.74.